The van der Waals surface area contributed by atoms with Crippen LogP contribution in [0.1, 0.15) is 11.4 Å². The highest BCUT2D eigenvalue weighted by atomic mass is 32.1. The fourth-order valence-electron chi connectivity index (χ4n) is 1.24. The third kappa shape index (κ3) is 2.97. The van der Waals surface area contributed by atoms with Gasteiger partial charge in [0, 0.05) is 5.56 Å². The second kappa shape index (κ2) is 4.88. The van der Waals surface area contributed by atoms with Gasteiger partial charge in [-0.15, -0.1) is 10.2 Å². The van der Waals surface area contributed by atoms with Crippen molar-refractivity contribution in [2.45, 2.75) is 6.61 Å². The van der Waals surface area contributed by atoms with E-state index in [4.69, 9.17) is 22.7 Å². The SMILES string of the molecule is Cn1nnc(COc2ccc(C(N)=S)cc2)n1. The first kappa shape index (κ1) is 11.5. The molecule has 0 aliphatic heterocycles. The zero-order valence-electron chi connectivity index (χ0n) is 9.20. The number of thiocarbonyl (C=S) groups is 1. The summed E-state index contributed by atoms with van der Waals surface area (Å²) in [5.41, 5.74) is 6.30. The number of ether oxygens (including phenoxy) is 1. The van der Waals surface area contributed by atoms with Gasteiger partial charge in [0.05, 0.1) is 7.05 Å². The molecular weight excluding hydrogens is 238 g/mol. The Bertz CT molecular complexity index is 522. The topological polar surface area (TPSA) is 78.8 Å². The maximum Gasteiger partial charge on any atom is 0.212 e. The summed E-state index contributed by atoms with van der Waals surface area (Å²) in [6.07, 6.45) is 0. The largest absolute Gasteiger partial charge is 0.485 e. The quantitative estimate of drug-likeness (QED) is 0.791. The summed E-state index contributed by atoms with van der Waals surface area (Å²) in [5.74, 6) is 1.24. The Morgan fingerprint density at radius 1 is 1.41 bits per heavy atom. The number of rotatable bonds is 4. The van der Waals surface area contributed by atoms with Gasteiger partial charge in [0.15, 0.2) is 6.61 Å². The van der Waals surface area contributed by atoms with Gasteiger partial charge in [-0.1, -0.05) is 12.2 Å². The van der Waals surface area contributed by atoms with E-state index in [1.165, 1.54) is 4.80 Å². The molecule has 88 valence electrons. The van der Waals surface area contributed by atoms with Crippen molar-refractivity contribution < 1.29 is 4.74 Å². The first-order chi connectivity index (χ1) is 8.15. The molecule has 2 N–H and O–H groups in total. The van der Waals surface area contributed by atoms with Gasteiger partial charge in [0.25, 0.3) is 0 Å². The molecule has 0 fully saturated rings. The summed E-state index contributed by atoms with van der Waals surface area (Å²) in [5, 5.41) is 11.5. The van der Waals surface area contributed by atoms with Crippen LogP contribution >= 0.6 is 12.2 Å². The average Bonchev–Trinajstić information content (AvgIpc) is 2.73. The summed E-state index contributed by atoms with van der Waals surface area (Å²) in [6.45, 7) is 0.278. The van der Waals surface area contributed by atoms with Crippen molar-refractivity contribution in [3.63, 3.8) is 0 Å². The monoisotopic (exact) mass is 249 g/mol. The average molecular weight is 249 g/mol. The molecule has 0 unspecified atom stereocenters. The minimum atomic E-state index is 0.278. The first-order valence-corrected chi connectivity index (χ1v) is 5.31. The van der Waals surface area contributed by atoms with E-state index >= 15 is 0 Å². The van der Waals surface area contributed by atoms with Crippen molar-refractivity contribution in [2.75, 3.05) is 0 Å². The van der Waals surface area contributed by atoms with E-state index < -0.39 is 0 Å². The molecule has 0 aliphatic rings. The molecule has 1 aromatic heterocycles. The molecule has 1 heterocycles. The number of tetrazole rings is 1. The van der Waals surface area contributed by atoms with Crippen LogP contribution in [-0.4, -0.2) is 25.2 Å². The highest BCUT2D eigenvalue weighted by Crippen LogP contribution is 2.13. The number of nitrogens with two attached hydrogens (primary N) is 1. The molecule has 2 aromatic rings. The predicted octanol–water partition coefficient (Wildman–Crippen LogP) is 0.423. The summed E-state index contributed by atoms with van der Waals surface area (Å²) >= 11 is 4.86. The summed E-state index contributed by atoms with van der Waals surface area (Å²) < 4.78 is 5.48. The molecule has 0 saturated carbocycles. The number of aromatic nitrogens is 4. The van der Waals surface area contributed by atoms with Crippen LogP contribution in [-0.2, 0) is 13.7 Å². The highest BCUT2D eigenvalue weighted by molar-refractivity contribution is 7.80. The summed E-state index contributed by atoms with van der Waals surface area (Å²) in [4.78, 5) is 1.75. The maximum atomic E-state index is 5.49. The first-order valence-electron chi connectivity index (χ1n) is 4.90. The molecular formula is C10H11N5OS. The van der Waals surface area contributed by atoms with Crippen LogP contribution in [0, 0.1) is 0 Å². The number of nitrogens with zero attached hydrogens (tertiary/aromatic N) is 4. The van der Waals surface area contributed by atoms with Crippen molar-refractivity contribution in [3.8, 4) is 5.75 Å². The lowest BCUT2D eigenvalue weighted by Crippen LogP contribution is -2.08. The molecule has 0 spiro atoms. The van der Waals surface area contributed by atoms with Crippen molar-refractivity contribution in [1.29, 1.82) is 0 Å². The normalized spacial score (nSPS) is 10.2. The molecule has 0 amide bonds. The van der Waals surface area contributed by atoms with Crippen LogP contribution in [0.2, 0.25) is 0 Å². The Kier molecular flexibility index (Phi) is 3.29. The van der Waals surface area contributed by atoms with Crippen molar-refractivity contribution in [2.24, 2.45) is 12.8 Å². The molecule has 0 bridgehead atoms. The lowest BCUT2D eigenvalue weighted by Gasteiger charge is -2.04. The second-order valence-corrected chi connectivity index (χ2v) is 3.81. The second-order valence-electron chi connectivity index (χ2n) is 3.37. The van der Waals surface area contributed by atoms with E-state index in [0.717, 1.165) is 5.56 Å². The van der Waals surface area contributed by atoms with Gasteiger partial charge in [-0.3, -0.25) is 0 Å². The molecule has 0 aliphatic carbocycles. The van der Waals surface area contributed by atoms with E-state index in [1.54, 1.807) is 19.2 Å². The Hall–Kier alpha value is -2.02. The Labute approximate surface area is 103 Å². The van der Waals surface area contributed by atoms with Crippen molar-refractivity contribution in [1.82, 2.24) is 20.2 Å². The molecule has 0 saturated heterocycles. The molecule has 0 radical (unpaired) electrons. The number of benzene rings is 1. The van der Waals surface area contributed by atoms with Crippen LogP contribution < -0.4 is 10.5 Å². The zero-order valence-corrected chi connectivity index (χ0v) is 10.0. The Balaban J connectivity index is 1.97. The Morgan fingerprint density at radius 2 is 2.12 bits per heavy atom. The predicted molar refractivity (Wildman–Crippen MR) is 65.5 cm³/mol. The van der Waals surface area contributed by atoms with Gasteiger partial charge < -0.3 is 10.5 Å². The van der Waals surface area contributed by atoms with Gasteiger partial charge >= 0.3 is 0 Å². The third-order valence-corrected chi connectivity index (χ3v) is 2.29. The Morgan fingerprint density at radius 3 is 2.65 bits per heavy atom. The minimum absolute atomic E-state index is 0.278. The van der Waals surface area contributed by atoms with E-state index in [0.29, 0.717) is 16.6 Å². The van der Waals surface area contributed by atoms with Crippen molar-refractivity contribution >= 4 is 17.2 Å². The van der Waals surface area contributed by atoms with Crippen LogP contribution in [0.15, 0.2) is 24.3 Å². The molecule has 7 heteroatoms. The van der Waals surface area contributed by atoms with Gasteiger partial charge in [-0.05, 0) is 29.5 Å². The number of hydrogen-bond acceptors (Lipinski definition) is 5. The number of aryl methyl sites for hydroxylation is 1. The molecule has 1 aromatic carbocycles. The fraction of sp³-hybridized carbons (Fsp3) is 0.200. The maximum absolute atomic E-state index is 5.49. The summed E-state index contributed by atoms with van der Waals surface area (Å²) in [6, 6.07) is 7.21. The third-order valence-electron chi connectivity index (χ3n) is 2.06. The van der Waals surface area contributed by atoms with Gasteiger partial charge in [0.1, 0.15) is 10.7 Å². The van der Waals surface area contributed by atoms with Gasteiger partial charge in [0.2, 0.25) is 5.82 Å². The highest BCUT2D eigenvalue weighted by Gasteiger charge is 2.02. The number of hydrogen-bond donors (Lipinski definition) is 1. The molecule has 0 atom stereocenters. The fourth-order valence-corrected chi connectivity index (χ4v) is 1.38. The van der Waals surface area contributed by atoms with Crippen LogP contribution in [0.3, 0.4) is 0 Å². The standard InChI is InChI=1S/C10H11N5OS/c1-15-13-9(12-14-15)6-16-8-4-2-7(3-5-8)10(11)17/h2-5H,6H2,1H3,(H2,11,17). The lowest BCUT2D eigenvalue weighted by molar-refractivity contribution is 0.295. The van der Waals surface area contributed by atoms with E-state index in [1.807, 2.05) is 12.1 Å². The van der Waals surface area contributed by atoms with E-state index in [-0.39, 0.29) is 6.61 Å². The van der Waals surface area contributed by atoms with Crippen LogP contribution in [0.25, 0.3) is 0 Å². The minimum Gasteiger partial charge on any atom is -0.485 e. The zero-order chi connectivity index (χ0) is 12.3. The van der Waals surface area contributed by atoms with E-state index in [9.17, 15) is 0 Å². The summed E-state index contributed by atoms with van der Waals surface area (Å²) in [7, 11) is 1.70. The molecule has 6 nitrogen and oxygen atoms in total. The lowest BCUT2D eigenvalue weighted by atomic mass is 10.2. The smallest absolute Gasteiger partial charge is 0.212 e. The van der Waals surface area contributed by atoms with Crippen molar-refractivity contribution in [3.05, 3.63) is 35.7 Å². The van der Waals surface area contributed by atoms with E-state index in [2.05, 4.69) is 15.4 Å². The van der Waals surface area contributed by atoms with Gasteiger partial charge in [-0.2, -0.15) is 4.80 Å². The molecule has 17 heavy (non-hydrogen) atoms. The van der Waals surface area contributed by atoms with Crippen LogP contribution in [0.5, 0.6) is 5.75 Å². The van der Waals surface area contributed by atoms with Crippen LogP contribution in [0.4, 0.5) is 0 Å². The van der Waals surface area contributed by atoms with Gasteiger partial charge in [-0.25, -0.2) is 0 Å². The molecule has 2 rings (SSSR count).